The Bertz CT molecular complexity index is 1250. The van der Waals surface area contributed by atoms with Gasteiger partial charge in [-0.05, 0) is 35.4 Å². The van der Waals surface area contributed by atoms with Gasteiger partial charge in [-0.3, -0.25) is 0 Å². The number of nitrogen functional groups attached to an aromatic ring is 1. The Morgan fingerprint density at radius 1 is 0.867 bits per heavy atom. The minimum atomic E-state index is 0.194. The molecular formula is C25H18BrN3O. The third-order valence-corrected chi connectivity index (χ3v) is 5.39. The number of nitrogens with zero attached hydrogens (tertiary/aromatic N) is 2. The summed E-state index contributed by atoms with van der Waals surface area (Å²) in [5.41, 5.74) is 11.8. The van der Waals surface area contributed by atoms with Crippen LogP contribution in [0.25, 0.3) is 33.5 Å². The SMILES string of the molecule is COc1ccc(Br)cc1-c1cc(-c2ccc(-c3ccccc3)cc2)nc(N)c1C#N. The van der Waals surface area contributed by atoms with Crippen molar-refractivity contribution in [3.63, 3.8) is 0 Å². The van der Waals surface area contributed by atoms with E-state index < -0.39 is 0 Å². The standard InChI is InChI=1S/C25H18BrN3O/c1-30-24-12-11-19(26)13-21(24)20-14-23(29-25(28)22(20)15-27)18-9-7-17(8-10-18)16-5-3-2-4-6-16/h2-14H,1H3,(H2,28,29). The molecule has 146 valence electrons. The van der Waals surface area contributed by atoms with E-state index in [4.69, 9.17) is 10.5 Å². The highest BCUT2D eigenvalue weighted by Crippen LogP contribution is 2.38. The first-order chi connectivity index (χ1) is 14.6. The average molecular weight is 456 g/mol. The quantitative estimate of drug-likeness (QED) is 0.391. The predicted octanol–water partition coefficient (Wildman–Crippen LogP) is 6.31. The number of hydrogen-bond donors (Lipinski definition) is 1. The van der Waals surface area contributed by atoms with Crippen molar-refractivity contribution in [1.82, 2.24) is 4.98 Å². The van der Waals surface area contributed by atoms with Crippen LogP contribution in [-0.4, -0.2) is 12.1 Å². The van der Waals surface area contributed by atoms with Crippen LogP contribution in [0, 0.1) is 11.3 Å². The zero-order chi connectivity index (χ0) is 21.1. The molecule has 4 rings (SSSR count). The molecule has 30 heavy (non-hydrogen) atoms. The van der Waals surface area contributed by atoms with Crippen LogP contribution in [0.5, 0.6) is 5.75 Å². The summed E-state index contributed by atoms with van der Waals surface area (Å²) in [5.74, 6) is 0.852. The molecule has 5 heteroatoms. The molecule has 4 aromatic rings. The molecule has 0 aliphatic heterocycles. The van der Waals surface area contributed by atoms with Crippen LogP contribution in [0.4, 0.5) is 5.82 Å². The first-order valence-corrected chi connectivity index (χ1v) is 10.1. The van der Waals surface area contributed by atoms with E-state index >= 15 is 0 Å². The lowest BCUT2D eigenvalue weighted by Gasteiger charge is -2.14. The molecule has 1 heterocycles. The van der Waals surface area contributed by atoms with Crippen LogP contribution in [0.3, 0.4) is 0 Å². The second-order valence-corrected chi connectivity index (χ2v) is 7.63. The van der Waals surface area contributed by atoms with E-state index in [9.17, 15) is 5.26 Å². The maximum atomic E-state index is 9.69. The van der Waals surface area contributed by atoms with Gasteiger partial charge in [-0.25, -0.2) is 4.98 Å². The van der Waals surface area contributed by atoms with E-state index in [2.05, 4.69) is 51.2 Å². The number of benzene rings is 3. The Hall–Kier alpha value is -3.62. The van der Waals surface area contributed by atoms with Gasteiger partial charge in [-0.2, -0.15) is 5.26 Å². The molecule has 0 bridgehead atoms. The van der Waals surface area contributed by atoms with Crippen molar-refractivity contribution in [2.24, 2.45) is 0 Å². The molecule has 0 amide bonds. The normalized spacial score (nSPS) is 10.4. The molecule has 0 atom stereocenters. The molecule has 3 aromatic carbocycles. The van der Waals surface area contributed by atoms with Gasteiger partial charge >= 0.3 is 0 Å². The molecule has 2 N–H and O–H groups in total. The number of methoxy groups -OCH3 is 1. The van der Waals surface area contributed by atoms with Crippen molar-refractivity contribution in [3.8, 4) is 45.3 Å². The molecule has 4 nitrogen and oxygen atoms in total. The highest BCUT2D eigenvalue weighted by molar-refractivity contribution is 9.10. The topological polar surface area (TPSA) is 71.9 Å². The maximum absolute atomic E-state index is 9.69. The van der Waals surface area contributed by atoms with Gasteiger partial charge < -0.3 is 10.5 Å². The Morgan fingerprint density at radius 3 is 2.20 bits per heavy atom. The largest absolute Gasteiger partial charge is 0.496 e. The lowest BCUT2D eigenvalue weighted by molar-refractivity contribution is 0.416. The number of ether oxygens (including phenoxy) is 1. The number of hydrogen-bond acceptors (Lipinski definition) is 4. The molecule has 0 aliphatic carbocycles. The van der Waals surface area contributed by atoms with Crippen LogP contribution in [0.2, 0.25) is 0 Å². The van der Waals surface area contributed by atoms with Crippen LogP contribution < -0.4 is 10.5 Å². The van der Waals surface area contributed by atoms with Crippen LogP contribution >= 0.6 is 15.9 Å². The third-order valence-electron chi connectivity index (χ3n) is 4.90. The monoisotopic (exact) mass is 455 g/mol. The van der Waals surface area contributed by atoms with E-state index in [0.29, 0.717) is 22.6 Å². The summed E-state index contributed by atoms with van der Waals surface area (Å²) in [6.45, 7) is 0. The van der Waals surface area contributed by atoms with Gasteiger partial charge in [0.1, 0.15) is 23.2 Å². The fourth-order valence-electron chi connectivity index (χ4n) is 3.40. The molecule has 0 spiro atoms. The summed E-state index contributed by atoms with van der Waals surface area (Å²) in [4.78, 5) is 4.48. The summed E-state index contributed by atoms with van der Waals surface area (Å²) < 4.78 is 6.39. The lowest BCUT2D eigenvalue weighted by atomic mass is 9.97. The van der Waals surface area contributed by atoms with E-state index in [0.717, 1.165) is 26.7 Å². The van der Waals surface area contributed by atoms with Gasteiger partial charge in [-0.15, -0.1) is 0 Å². The summed E-state index contributed by atoms with van der Waals surface area (Å²) in [6.07, 6.45) is 0. The summed E-state index contributed by atoms with van der Waals surface area (Å²) in [5, 5.41) is 9.69. The number of pyridine rings is 1. The van der Waals surface area contributed by atoms with Crippen molar-refractivity contribution in [3.05, 3.63) is 88.9 Å². The van der Waals surface area contributed by atoms with Crippen molar-refractivity contribution in [1.29, 1.82) is 5.26 Å². The van der Waals surface area contributed by atoms with Crippen molar-refractivity contribution in [2.75, 3.05) is 12.8 Å². The number of halogens is 1. The van der Waals surface area contributed by atoms with E-state index in [1.807, 2.05) is 54.6 Å². The summed E-state index contributed by atoms with van der Waals surface area (Å²) >= 11 is 3.50. The fraction of sp³-hybridized carbons (Fsp3) is 0.0400. The number of nitrogens with two attached hydrogens (primary N) is 1. The van der Waals surface area contributed by atoms with Crippen molar-refractivity contribution >= 4 is 21.7 Å². The zero-order valence-electron chi connectivity index (χ0n) is 16.3. The lowest BCUT2D eigenvalue weighted by Crippen LogP contribution is -2.00. The number of nitriles is 1. The first kappa shape index (κ1) is 19.7. The number of anilines is 1. The van der Waals surface area contributed by atoms with Crippen LogP contribution in [0.15, 0.2) is 83.3 Å². The molecule has 0 saturated heterocycles. The highest BCUT2D eigenvalue weighted by Gasteiger charge is 2.17. The van der Waals surface area contributed by atoms with Gasteiger partial charge in [0, 0.05) is 21.2 Å². The summed E-state index contributed by atoms with van der Waals surface area (Å²) in [6, 6.07) is 28.0. The van der Waals surface area contributed by atoms with E-state index in [1.165, 1.54) is 0 Å². The van der Waals surface area contributed by atoms with Crippen molar-refractivity contribution < 1.29 is 4.74 Å². The van der Waals surface area contributed by atoms with Crippen LogP contribution in [0.1, 0.15) is 5.56 Å². The minimum Gasteiger partial charge on any atom is -0.496 e. The fourth-order valence-corrected chi connectivity index (χ4v) is 3.76. The maximum Gasteiger partial charge on any atom is 0.142 e. The van der Waals surface area contributed by atoms with Gasteiger partial charge in [-0.1, -0.05) is 70.5 Å². The molecule has 0 aliphatic rings. The highest BCUT2D eigenvalue weighted by atomic mass is 79.9. The zero-order valence-corrected chi connectivity index (χ0v) is 17.8. The van der Waals surface area contributed by atoms with Gasteiger partial charge in [0.25, 0.3) is 0 Å². The molecule has 1 aromatic heterocycles. The molecule has 0 fully saturated rings. The molecule has 0 saturated carbocycles. The van der Waals surface area contributed by atoms with Gasteiger partial charge in [0.2, 0.25) is 0 Å². The molecule has 0 unspecified atom stereocenters. The van der Waals surface area contributed by atoms with E-state index in [-0.39, 0.29) is 5.82 Å². The minimum absolute atomic E-state index is 0.194. The molecule has 0 radical (unpaired) electrons. The van der Waals surface area contributed by atoms with Crippen molar-refractivity contribution in [2.45, 2.75) is 0 Å². The Labute approximate surface area is 183 Å². The Balaban J connectivity index is 1.83. The Morgan fingerprint density at radius 2 is 1.53 bits per heavy atom. The predicted molar refractivity (Wildman–Crippen MR) is 124 cm³/mol. The number of aromatic nitrogens is 1. The van der Waals surface area contributed by atoms with E-state index in [1.54, 1.807) is 7.11 Å². The second-order valence-electron chi connectivity index (χ2n) is 6.72. The van der Waals surface area contributed by atoms with Gasteiger partial charge in [0.15, 0.2) is 0 Å². The second kappa shape index (κ2) is 8.40. The number of rotatable bonds is 4. The average Bonchev–Trinajstić information content (AvgIpc) is 2.79. The smallest absolute Gasteiger partial charge is 0.142 e. The first-order valence-electron chi connectivity index (χ1n) is 9.31. The summed E-state index contributed by atoms with van der Waals surface area (Å²) in [7, 11) is 1.60. The van der Waals surface area contributed by atoms with Crippen LogP contribution in [-0.2, 0) is 0 Å². The van der Waals surface area contributed by atoms with Gasteiger partial charge in [0.05, 0.1) is 12.8 Å². The molecular weight excluding hydrogens is 438 g/mol. The Kier molecular flexibility index (Phi) is 5.51. The third kappa shape index (κ3) is 3.78.